The summed E-state index contributed by atoms with van der Waals surface area (Å²) in [6.45, 7) is 2.63. The molecular formula is C8H12ClN3O. The Morgan fingerprint density at radius 2 is 2.54 bits per heavy atom. The third kappa shape index (κ3) is 3.46. The molecule has 1 aromatic rings. The number of imidazole rings is 1. The lowest BCUT2D eigenvalue weighted by atomic mass is 10.3. The molecule has 0 aliphatic heterocycles. The maximum Gasteiger partial charge on any atom is 0.235 e. The summed E-state index contributed by atoms with van der Waals surface area (Å²) in [6.07, 6.45) is 5.27. The predicted octanol–water partition coefficient (Wildman–Crippen LogP) is 0.627. The van der Waals surface area contributed by atoms with Crippen LogP contribution >= 0.6 is 11.6 Å². The number of rotatable bonds is 4. The molecule has 1 amide bonds. The van der Waals surface area contributed by atoms with Crippen molar-refractivity contribution in [1.82, 2.24) is 14.9 Å². The summed E-state index contributed by atoms with van der Waals surface area (Å²) in [5, 5.41) is 2.75. The predicted molar refractivity (Wildman–Crippen MR) is 50.6 cm³/mol. The van der Waals surface area contributed by atoms with Crippen LogP contribution in [0.4, 0.5) is 0 Å². The van der Waals surface area contributed by atoms with Gasteiger partial charge in [0.1, 0.15) is 5.88 Å². The van der Waals surface area contributed by atoms with Gasteiger partial charge in [0, 0.05) is 25.0 Å². The zero-order valence-electron chi connectivity index (χ0n) is 7.40. The molecule has 1 aromatic heterocycles. The third-order valence-corrected chi connectivity index (χ3v) is 1.82. The Kier molecular flexibility index (Phi) is 3.76. The first-order chi connectivity index (χ1) is 6.22. The van der Waals surface area contributed by atoms with Gasteiger partial charge >= 0.3 is 0 Å². The van der Waals surface area contributed by atoms with Gasteiger partial charge in [0.25, 0.3) is 0 Å². The number of amides is 1. The fraction of sp³-hybridized carbons (Fsp3) is 0.500. The topological polar surface area (TPSA) is 46.9 Å². The highest BCUT2D eigenvalue weighted by Gasteiger charge is 2.05. The first kappa shape index (κ1) is 10.1. The Bertz CT molecular complexity index is 260. The van der Waals surface area contributed by atoms with Crippen LogP contribution in [0.2, 0.25) is 0 Å². The number of carbonyl (C=O) groups excluding carboxylic acids is 1. The average molecular weight is 202 g/mol. The van der Waals surface area contributed by atoms with Crippen LogP contribution in [0.5, 0.6) is 0 Å². The molecule has 4 nitrogen and oxygen atoms in total. The van der Waals surface area contributed by atoms with Crippen molar-refractivity contribution in [3.05, 3.63) is 18.7 Å². The number of carbonyl (C=O) groups is 1. The quantitative estimate of drug-likeness (QED) is 0.727. The van der Waals surface area contributed by atoms with Gasteiger partial charge < -0.3 is 9.88 Å². The molecule has 0 radical (unpaired) electrons. The molecule has 1 N–H and O–H groups in total. The lowest BCUT2D eigenvalue weighted by Crippen LogP contribution is -2.36. The summed E-state index contributed by atoms with van der Waals surface area (Å²) < 4.78 is 1.90. The molecule has 0 bridgehead atoms. The molecular weight excluding hydrogens is 190 g/mol. The number of alkyl halides is 1. The molecule has 5 heteroatoms. The largest absolute Gasteiger partial charge is 0.351 e. The maximum absolute atomic E-state index is 10.9. The smallest absolute Gasteiger partial charge is 0.235 e. The third-order valence-electron chi connectivity index (χ3n) is 1.57. The summed E-state index contributed by atoms with van der Waals surface area (Å²) >= 11 is 5.35. The molecule has 0 saturated heterocycles. The van der Waals surface area contributed by atoms with Crippen molar-refractivity contribution in [2.45, 2.75) is 19.5 Å². The van der Waals surface area contributed by atoms with Crippen LogP contribution in [-0.4, -0.2) is 27.4 Å². The fourth-order valence-electron chi connectivity index (χ4n) is 1.07. The van der Waals surface area contributed by atoms with E-state index in [0.29, 0.717) is 6.54 Å². The van der Waals surface area contributed by atoms with Crippen LogP contribution in [0.25, 0.3) is 0 Å². The van der Waals surface area contributed by atoms with Gasteiger partial charge in [-0.05, 0) is 6.92 Å². The van der Waals surface area contributed by atoms with Crippen LogP contribution in [-0.2, 0) is 11.3 Å². The minimum atomic E-state index is -0.144. The van der Waals surface area contributed by atoms with Gasteiger partial charge in [-0.2, -0.15) is 0 Å². The Balaban J connectivity index is 2.33. The Labute approximate surface area is 81.9 Å². The second-order valence-electron chi connectivity index (χ2n) is 2.86. The maximum atomic E-state index is 10.9. The second kappa shape index (κ2) is 4.87. The number of aromatic nitrogens is 2. The van der Waals surface area contributed by atoms with Gasteiger partial charge in [0.15, 0.2) is 0 Å². The molecule has 1 heterocycles. The molecule has 0 aliphatic rings. The van der Waals surface area contributed by atoms with Crippen molar-refractivity contribution in [2.24, 2.45) is 0 Å². The van der Waals surface area contributed by atoms with E-state index < -0.39 is 0 Å². The Morgan fingerprint density at radius 1 is 1.77 bits per heavy atom. The molecule has 72 valence electrons. The number of hydrogen-bond donors (Lipinski definition) is 1. The summed E-state index contributed by atoms with van der Waals surface area (Å²) in [4.78, 5) is 14.8. The van der Waals surface area contributed by atoms with Gasteiger partial charge in [-0.25, -0.2) is 4.98 Å². The average Bonchev–Trinajstić information content (AvgIpc) is 2.56. The van der Waals surface area contributed by atoms with Crippen LogP contribution in [0, 0.1) is 0 Å². The summed E-state index contributed by atoms with van der Waals surface area (Å²) in [6, 6.07) is 0.0699. The molecule has 1 atom stereocenters. The highest BCUT2D eigenvalue weighted by atomic mass is 35.5. The van der Waals surface area contributed by atoms with Crippen molar-refractivity contribution in [2.75, 3.05) is 5.88 Å². The first-order valence-corrected chi connectivity index (χ1v) is 4.57. The van der Waals surface area contributed by atoms with Gasteiger partial charge in [-0.3, -0.25) is 4.79 Å². The summed E-state index contributed by atoms with van der Waals surface area (Å²) in [7, 11) is 0. The van der Waals surface area contributed by atoms with Crippen LogP contribution in [0.1, 0.15) is 6.92 Å². The molecule has 0 spiro atoms. The minimum Gasteiger partial charge on any atom is -0.351 e. The lowest BCUT2D eigenvalue weighted by molar-refractivity contribution is -0.119. The van der Waals surface area contributed by atoms with E-state index in [-0.39, 0.29) is 17.8 Å². The monoisotopic (exact) mass is 201 g/mol. The van der Waals surface area contributed by atoms with Gasteiger partial charge in [0.2, 0.25) is 5.91 Å². The second-order valence-corrected chi connectivity index (χ2v) is 3.13. The van der Waals surface area contributed by atoms with Crippen molar-refractivity contribution < 1.29 is 4.79 Å². The molecule has 0 aliphatic carbocycles. The fourth-order valence-corrected chi connectivity index (χ4v) is 1.15. The van der Waals surface area contributed by atoms with Crippen molar-refractivity contribution in [3.63, 3.8) is 0 Å². The standard InChI is InChI=1S/C8H12ClN3O/c1-7(11-8(13)4-9)5-12-3-2-10-6-12/h2-3,6-7H,4-5H2,1H3,(H,11,13). The number of nitrogens with zero attached hydrogens (tertiary/aromatic N) is 2. The van der Waals surface area contributed by atoms with E-state index in [2.05, 4.69) is 10.3 Å². The van der Waals surface area contributed by atoms with Crippen molar-refractivity contribution in [3.8, 4) is 0 Å². The van der Waals surface area contributed by atoms with E-state index in [0.717, 1.165) is 0 Å². The summed E-state index contributed by atoms with van der Waals surface area (Å²) in [5.41, 5.74) is 0. The van der Waals surface area contributed by atoms with Crippen LogP contribution in [0.15, 0.2) is 18.7 Å². The molecule has 0 fully saturated rings. The highest BCUT2D eigenvalue weighted by molar-refractivity contribution is 6.27. The van der Waals surface area contributed by atoms with E-state index in [9.17, 15) is 4.79 Å². The number of halogens is 1. The van der Waals surface area contributed by atoms with E-state index in [1.807, 2.05) is 17.7 Å². The number of hydrogen-bond acceptors (Lipinski definition) is 2. The van der Waals surface area contributed by atoms with Crippen LogP contribution < -0.4 is 5.32 Å². The highest BCUT2D eigenvalue weighted by Crippen LogP contribution is 1.91. The van der Waals surface area contributed by atoms with Crippen LogP contribution in [0.3, 0.4) is 0 Å². The Hall–Kier alpha value is -1.03. The Morgan fingerprint density at radius 3 is 3.08 bits per heavy atom. The van der Waals surface area contributed by atoms with Gasteiger partial charge in [0.05, 0.1) is 6.33 Å². The summed E-state index contributed by atoms with van der Waals surface area (Å²) in [5.74, 6) is -0.136. The molecule has 0 saturated carbocycles. The van der Waals surface area contributed by atoms with Gasteiger partial charge in [-0.15, -0.1) is 11.6 Å². The van der Waals surface area contributed by atoms with E-state index in [1.165, 1.54) is 0 Å². The molecule has 1 rings (SSSR count). The van der Waals surface area contributed by atoms with Crippen molar-refractivity contribution in [1.29, 1.82) is 0 Å². The lowest BCUT2D eigenvalue weighted by Gasteiger charge is -2.12. The SMILES string of the molecule is CC(Cn1ccnc1)NC(=O)CCl. The molecule has 1 unspecified atom stereocenters. The number of nitrogens with one attached hydrogen (secondary N) is 1. The first-order valence-electron chi connectivity index (χ1n) is 4.03. The van der Waals surface area contributed by atoms with Crippen molar-refractivity contribution >= 4 is 17.5 Å². The van der Waals surface area contributed by atoms with E-state index in [1.54, 1.807) is 12.5 Å². The van der Waals surface area contributed by atoms with E-state index >= 15 is 0 Å². The van der Waals surface area contributed by atoms with Gasteiger partial charge in [-0.1, -0.05) is 0 Å². The molecule has 13 heavy (non-hydrogen) atoms. The zero-order valence-corrected chi connectivity index (χ0v) is 8.16. The minimum absolute atomic E-state index is 0.00820. The van der Waals surface area contributed by atoms with E-state index in [4.69, 9.17) is 11.6 Å². The normalized spacial score (nSPS) is 12.5. The molecule has 0 aromatic carbocycles. The zero-order chi connectivity index (χ0) is 9.68.